The summed E-state index contributed by atoms with van der Waals surface area (Å²) in [5.74, 6) is -0.186. The molecule has 1 aromatic carbocycles. The van der Waals surface area contributed by atoms with E-state index in [1.165, 1.54) is 4.57 Å². The first kappa shape index (κ1) is 13.5. The molecule has 1 unspecified atom stereocenters. The Kier molecular flexibility index (Phi) is 3.85. The van der Waals surface area contributed by atoms with Crippen LogP contribution in [-0.2, 0) is 11.8 Å². The van der Waals surface area contributed by atoms with Crippen molar-refractivity contribution in [2.24, 2.45) is 7.05 Å². The first-order valence-corrected chi connectivity index (χ1v) is 6.29. The second kappa shape index (κ2) is 5.40. The van der Waals surface area contributed by atoms with E-state index in [1.807, 2.05) is 19.2 Å². The molecule has 0 aliphatic heterocycles. The van der Waals surface area contributed by atoms with Crippen molar-refractivity contribution in [3.8, 4) is 0 Å². The van der Waals surface area contributed by atoms with Gasteiger partial charge in [-0.2, -0.15) is 0 Å². The molecule has 1 heterocycles. The Balaban J connectivity index is 2.35. The molecule has 0 bridgehead atoms. The fourth-order valence-electron chi connectivity index (χ4n) is 2.19. The number of fused-ring (bicyclic) bond motifs is 1. The molecule has 0 radical (unpaired) electrons. The fraction of sp³-hybridized carbons (Fsp3) is 0.429. The van der Waals surface area contributed by atoms with Crippen molar-refractivity contribution in [3.63, 3.8) is 0 Å². The monoisotopic (exact) mass is 262 g/mol. The quantitative estimate of drug-likeness (QED) is 0.891. The van der Waals surface area contributed by atoms with Gasteiger partial charge in [0, 0.05) is 19.5 Å². The summed E-state index contributed by atoms with van der Waals surface area (Å²) in [4.78, 5) is 22.5. The molecule has 0 saturated carbocycles. The molecule has 0 aliphatic carbocycles. The Labute approximate surface area is 111 Å². The van der Waals surface area contributed by atoms with Crippen LogP contribution in [0.2, 0.25) is 0 Å². The highest BCUT2D eigenvalue weighted by atomic mass is 16.4. The van der Waals surface area contributed by atoms with Gasteiger partial charge in [0.15, 0.2) is 5.58 Å². The number of aromatic nitrogens is 1. The molecule has 1 N–H and O–H groups in total. The molecule has 5 heteroatoms. The smallest absolute Gasteiger partial charge is 0.408 e. The number of hydrogen-bond acceptors (Lipinski definition) is 4. The van der Waals surface area contributed by atoms with E-state index in [4.69, 9.17) is 4.42 Å². The standard InChI is InChI=1S/C14H18N2O3/c1-9(17)4-6-11(15-2)10-5-7-13-12(8-10)16(3)14(18)19-13/h5,7-8,11,15H,4,6H2,1-3H3. The van der Waals surface area contributed by atoms with Gasteiger partial charge >= 0.3 is 5.76 Å². The van der Waals surface area contributed by atoms with Gasteiger partial charge < -0.3 is 14.5 Å². The van der Waals surface area contributed by atoms with Gasteiger partial charge in [-0.3, -0.25) is 4.57 Å². The van der Waals surface area contributed by atoms with Crippen molar-refractivity contribution >= 4 is 16.9 Å². The predicted octanol–water partition coefficient (Wildman–Crippen LogP) is 1.76. The molecule has 2 aromatic rings. The highest BCUT2D eigenvalue weighted by molar-refractivity contribution is 5.76. The van der Waals surface area contributed by atoms with Crippen molar-refractivity contribution in [3.05, 3.63) is 34.3 Å². The van der Waals surface area contributed by atoms with E-state index < -0.39 is 0 Å². The molecule has 1 aromatic heterocycles. The highest BCUT2D eigenvalue weighted by Gasteiger charge is 2.13. The van der Waals surface area contributed by atoms with Gasteiger partial charge in [0.1, 0.15) is 5.78 Å². The maximum atomic E-state index is 11.4. The third-order valence-corrected chi connectivity index (χ3v) is 3.35. The van der Waals surface area contributed by atoms with Crippen molar-refractivity contribution in [2.45, 2.75) is 25.8 Å². The summed E-state index contributed by atoms with van der Waals surface area (Å²) in [6, 6.07) is 5.75. The normalized spacial score (nSPS) is 12.8. The number of carbonyl (C=O) groups excluding carboxylic acids is 1. The van der Waals surface area contributed by atoms with E-state index in [0.29, 0.717) is 12.0 Å². The minimum absolute atomic E-state index is 0.0957. The number of nitrogens with zero attached hydrogens (tertiary/aromatic N) is 1. The number of benzene rings is 1. The first-order valence-electron chi connectivity index (χ1n) is 6.29. The van der Waals surface area contributed by atoms with E-state index in [0.717, 1.165) is 17.5 Å². The Bertz CT molecular complexity index is 654. The Morgan fingerprint density at radius 3 is 2.84 bits per heavy atom. The van der Waals surface area contributed by atoms with Gasteiger partial charge in [0.2, 0.25) is 0 Å². The van der Waals surface area contributed by atoms with Gasteiger partial charge in [-0.1, -0.05) is 6.07 Å². The van der Waals surface area contributed by atoms with Crippen LogP contribution in [0.1, 0.15) is 31.4 Å². The Morgan fingerprint density at radius 1 is 1.47 bits per heavy atom. The lowest BCUT2D eigenvalue weighted by atomic mass is 10.0. The summed E-state index contributed by atoms with van der Waals surface area (Å²) in [7, 11) is 3.55. The third kappa shape index (κ3) is 2.76. The zero-order valence-corrected chi connectivity index (χ0v) is 11.4. The number of hydrogen-bond donors (Lipinski definition) is 1. The molecular weight excluding hydrogens is 244 g/mol. The van der Waals surface area contributed by atoms with E-state index in [1.54, 1.807) is 20.0 Å². The second-order valence-electron chi connectivity index (χ2n) is 4.74. The number of carbonyl (C=O) groups is 1. The molecule has 0 aliphatic rings. The van der Waals surface area contributed by atoms with Crippen molar-refractivity contribution in [1.29, 1.82) is 0 Å². The van der Waals surface area contributed by atoms with Crippen LogP contribution in [0.4, 0.5) is 0 Å². The third-order valence-electron chi connectivity index (χ3n) is 3.35. The summed E-state index contributed by atoms with van der Waals surface area (Å²) in [6.45, 7) is 1.59. The average Bonchev–Trinajstić information content (AvgIpc) is 2.66. The van der Waals surface area contributed by atoms with Gasteiger partial charge in [0.05, 0.1) is 5.52 Å². The summed E-state index contributed by atoms with van der Waals surface area (Å²) >= 11 is 0. The molecule has 102 valence electrons. The number of oxazole rings is 1. The number of ketones is 1. The molecule has 5 nitrogen and oxygen atoms in total. The van der Waals surface area contributed by atoms with Crippen LogP contribution < -0.4 is 11.1 Å². The van der Waals surface area contributed by atoms with Gasteiger partial charge in [-0.25, -0.2) is 4.79 Å². The fourth-order valence-corrected chi connectivity index (χ4v) is 2.19. The number of nitrogens with one attached hydrogen (secondary N) is 1. The summed E-state index contributed by atoms with van der Waals surface area (Å²) in [5, 5.41) is 3.19. The summed E-state index contributed by atoms with van der Waals surface area (Å²) in [6.07, 6.45) is 1.27. The van der Waals surface area contributed by atoms with Crippen LogP contribution >= 0.6 is 0 Å². The molecule has 0 amide bonds. The van der Waals surface area contributed by atoms with Crippen LogP contribution in [0.5, 0.6) is 0 Å². The van der Waals surface area contributed by atoms with E-state index in [2.05, 4.69) is 5.32 Å². The molecule has 0 fully saturated rings. The second-order valence-corrected chi connectivity index (χ2v) is 4.74. The van der Waals surface area contributed by atoms with Crippen molar-refractivity contribution in [1.82, 2.24) is 9.88 Å². The average molecular weight is 262 g/mol. The van der Waals surface area contributed by atoms with Crippen LogP contribution in [0.15, 0.2) is 27.4 Å². The number of aryl methyl sites for hydroxylation is 1. The summed E-state index contributed by atoms with van der Waals surface area (Å²) in [5.41, 5.74) is 2.40. The molecule has 0 saturated heterocycles. The molecular formula is C14H18N2O3. The van der Waals surface area contributed by atoms with Crippen molar-refractivity contribution in [2.75, 3.05) is 7.05 Å². The maximum absolute atomic E-state index is 11.4. The van der Waals surface area contributed by atoms with Crippen LogP contribution in [0, 0.1) is 0 Å². The lowest BCUT2D eigenvalue weighted by Crippen LogP contribution is -2.17. The Morgan fingerprint density at radius 2 is 2.21 bits per heavy atom. The predicted molar refractivity (Wildman–Crippen MR) is 73.2 cm³/mol. The van der Waals surface area contributed by atoms with E-state index >= 15 is 0 Å². The van der Waals surface area contributed by atoms with E-state index in [9.17, 15) is 9.59 Å². The highest BCUT2D eigenvalue weighted by Crippen LogP contribution is 2.22. The maximum Gasteiger partial charge on any atom is 0.419 e. The van der Waals surface area contributed by atoms with Gasteiger partial charge in [0.25, 0.3) is 0 Å². The lowest BCUT2D eigenvalue weighted by molar-refractivity contribution is -0.117. The zero-order chi connectivity index (χ0) is 14.0. The number of Topliss-reactive ketones (excluding diaryl/α,β-unsaturated/α-hetero) is 1. The molecule has 1 atom stereocenters. The van der Waals surface area contributed by atoms with Crippen LogP contribution in [0.3, 0.4) is 0 Å². The van der Waals surface area contributed by atoms with Crippen molar-refractivity contribution < 1.29 is 9.21 Å². The molecule has 0 spiro atoms. The number of rotatable bonds is 5. The minimum atomic E-state index is -0.364. The molecule has 19 heavy (non-hydrogen) atoms. The Hall–Kier alpha value is -1.88. The first-order chi connectivity index (χ1) is 9.02. The molecule has 2 rings (SSSR count). The largest absolute Gasteiger partial charge is 0.419 e. The topological polar surface area (TPSA) is 64.2 Å². The van der Waals surface area contributed by atoms with Gasteiger partial charge in [-0.15, -0.1) is 0 Å². The van der Waals surface area contributed by atoms with Gasteiger partial charge in [-0.05, 0) is 38.1 Å². The summed E-state index contributed by atoms with van der Waals surface area (Å²) < 4.78 is 6.58. The zero-order valence-electron chi connectivity index (χ0n) is 11.4. The lowest BCUT2D eigenvalue weighted by Gasteiger charge is -2.15. The van der Waals surface area contributed by atoms with Crippen LogP contribution in [0.25, 0.3) is 11.1 Å². The minimum Gasteiger partial charge on any atom is -0.408 e. The van der Waals surface area contributed by atoms with E-state index in [-0.39, 0.29) is 17.6 Å². The SMILES string of the molecule is CNC(CCC(C)=O)c1ccc2oc(=O)n(C)c2c1. The van der Waals surface area contributed by atoms with Crippen LogP contribution in [-0.4, -0.2) is 17.4 Å².